The summed E-state index contributed by atoms with van der Waals surface area (Å²) in [7, 11) is -5.91. The molecular formula is C27H28F3N3O6S. The Morgan fingerprint density at radius 3 is 2.20 bits per heavy atom. The number of anilines is 2. The van der Waals surface area contributed by atoms with Gasteiger partial charge in [0.2, 0.25) is 0 Å². The van der Waals surface area contributed by atoms with Gasteiger partial charge in [-0.2, -0.15) is 21.6 Å². The van der Waals surface area contributed by atoms with Crippen LogP contribution in [0.2, 0.25) is 0 Å². The fourth-order valence-corrected chi connectivity index (χ4v) is 4.63. The average Bonchev–Trinajstić information content (AvgIpc) is 2.87. The lowest BCUT2D eigenvalue weighted by Crippen LogP contribution is -2.50. The molecule has 1 fully saturated rings. The maximum Gasteiger partial charge on any atom is 0.534 e. The Kier molecular flexibility index (Phi) is 7.88. The van der Waals surface area contributed by atoms with E-state index in [9.17, 15) is 31.2 Å². The topological polar surface area (TPSA) is 105 Å². The maximum atomic E-state index is 13.3. The van der Waals surface area contributed by atoms with Crippen LogP contribution in [0.15, 0.2) is 60.7 Å². The smallest absolute Gasteiger partial charge is 0.444 e. The zero-order valence-electron chi connectivity index (χ0n) is 22.0. The second kappa shape index (κ2) is 10.9. The van der Waals surface area contributed by atoms with E-state index in [1.807, 2.05) is 18.2 Å². The summed E-state index contributed by atoms with van der Waals surface area (Å²) in [6, 6.07) is 15.9. The third-order valence-electron chi connectivity index (χ3n) is 6.01. The second-order valence-electron chi connectivity index (χ2n) is 10.1. The van der Waals surface area contributed by atoms with Crippen LogP contribution in [0.5, 0.6) is 5.75 Å². The Morgan fingerprint density at radius 1 is 0.900 bits per heavy atom. The SMILES string of the molecule is CC(C)(C)OC(=O)N1CCN(c2cc(OS(=O)(=O)C(F)(F)F)ccc2NC(=O)c2cccc3ccccc23)CC1. The van der Waals surface area contributed by atoms with E-state index in [0.29, 0.717) is 10.9 Å². The number of hydrogen-bond acceptors (Lipinski definition) is 7. The summed E-state index contributed by atoms with van der Waals surface area (Å²) in [4.78, 5) is 29.0. The van der Waals surface area contributed by atoms with Crippen molar-refractivity contribution in [3.8, 4) is 5.75 Å². The maximum absolute atomic E-state index is 13.3. The highest BCUT2D eigenvalue weighted by atomic mass is 32.2. The van der Waals surface area contributed by atoms with E-state index < -0.39 is 39.0 Å². The molecule has 0 atom stereocenters. The van der Waals surface area contributed by atoms with Crippen molar-refractivity contribution < 1.29 is 40.1 Å². The number of nitrogens with one attached hydrogen (secondary N) is 1. The van der Waals surface area contributed by atoms with Crippen molar-refractivity contribution in [2.45, 2.75) is 31.9 Å². The molecule has 40 heavy (non-hydrogen) atoms. The van der Waals surface area contributed by atoms with Crippen molar-refractivity contribution in [2.75, 3.05) is 36.4 Å². The normalized spacial score (nSPS) is 14.7. The predicted molar refractivity (Wildman–Crippen MR) is 144 cm³/mol. The predicted octanol–water partition coefficient (Wildman–Crippen LogP) is 5.38. The lowest BCUT2D eigenvalue weighted by Gasteiger charge is -2.37. The number of piperazine rings is 1. The van der Waals surface area contributed by atoms with Gasteiger partial charge in [0, 0.05) is 37.8 Å². The van der Waals surface area contributed by atoms with Crippen LogP contribution in [0.1, 0.15) is 31.1 Å². The molecule has 0 aliphatic carbocycles. The molecule has 0 saturated carbocycles. The molecular weight excluding hydrogens is 551 g/mol. The lowest BCUT2D eigenvalue weighted by molar-refractivity contribution is -0.0500. The third kappa shape index (κ3) is 6.58. The zero-order valence-corrected chi connectivity index (χ0v) is 22.8. The number of halogens is 3. The Balaban J connectivity index is 1.63. The molecule has 0 radical (unpaired) electrons. The fourth-order valence-electron chi connectivity index (χ4n) is 4.17. The van der Waals surface area contributed by atoms with Crippen molar-refractivity contribution in [3.63, 3.8) is 0 Å². The fraction of sp³-hybridized carbons (Fsp3) is 0.333. The van der Waals surface area contributed by atoms with Crippen molar-refractivity contribution in [3.05, 3.63) is 66.2 Å². The van der Waals surface area contributed by atoms with Gasteiger partial charge in [0.05, 0.1) is 11.4 Å². The standard InChI is InChI=1S/C27H28F3N3O6S/c1-26(2,3)38-25(35)33-15-13-32(14-16-33)23-17-19(39-40(36,37)27(28,29)30)11-12-22(23)31-24(34)21-10-6-8-18-7-4-5-9-20(18)21/h4-12,17H,13-16H2,1-3H3,(H,31,34). The highest BCUT2D eigenvalue weighted by Crippen LogP contribution is 2.35. The van der Waals surface area contributed by atoms with Gasteiger partial charge >= 0.3 is 21.7 Å². The van der Waals surface area contributed by atoms with E-state index in [4.69, 9.17) is 4.74 Å². The van der Waals surface area contributed by atoms with Gasteiger partial charge < -0.3 is 24.0 Å². The average molecular weight is 580 g/mol. The third-order valence-corrected chi connectivity index (χ3v) is 6.99. The molecule has 1 saturated heterocycles. The van der Waals surface area contributed by atoms with E-state index >= 15 is 0 Å². The number of rotatable bonds is 5. The lowest BCUT2D eigenvalue weighted by atomic mass is 10.0. The molecule has 1 aliphatic rings. The number of amides is 2. The van der Waals surface area contributed by atoms with E-state index in [1.54, 1.807) is 49.9 Å². The van der Waals surface area contributed by atoms with Crippen LogP contribution in [-0.4, -0.2) is 62.6 Å². The molecule has 1 heterocycles. The highest BCUT2D eigenvalue weighted by molar-refractivity contribution is 7.88. The molecule has 3 aromatic rings. The summed E-state index contributed by atoms with van der Waals surface area (Å²) in [6.45, 7) is 6.12. The summed E-state index contributed by atoms with van der Waals surface area (Å²) >= 11 is 0. The van der Waals surface area contributed by atoms with Gasteiger partial charge in [-0.15, -0.1) is 0 Å². The highest BCUT2D eigenvalue weighted by Gasteiger charge is 2.48. The largest absolute Gasteiger partial charge is 0.534 e. The summed E-state index contributed by atoms with van der Waals surface area (Å²) in [5.41, 5.74) is -5.48. The first-order chi connectivity index (χ1) is 18.6. The molecule has 4 rings (SSSR count). The number of carbonyl (C=O) groups is 2. The van der Waals surface area contributed by atoms with Crippen LogP contribution >= 0.6 is 0 Å². The number of fused-ring (bicyclic) bond motifs is 1. The van der Waals surface area contributed by atoms with Crippen molar-refractivity contribution in [1.82, 2.24) is 4.90 Å². The molecule has 9 nitrogen and oxygen atoms in total. The first-order valence-corrected chi connectivity index (χ1v) is 13.7. The molecule has 3 aromatic carbocycles. The van der Waals surface area contributed by atoms with E-state index in [0.717, 1.165) is 17.5 Å². The Labute approximate surface area is 229 Å². The second-order valence-corrected chi connectivity index (χ2v) is 11.6. The summed E-state index contributed by atoms with van der Waals surface area (Å²) < 4.78 is 71.8. The number of benzene rings is 3. The van der Waals surface area contributed by atoms with E-state index in [1.165, 1.54) is 11.0 Å². The number of alkyl halides is 3. The van der Waals surface area contributed by atoms with Crippen LogP contribution in [-0.2, 0) is 14.9 Å². The van der Waals surface area contributed by atoms with Crippen molar-refractivity contribution in [1.29, 1.82) is 0 Å². The molecule has 0 aromatic heterocycles. The van der Waals surface area contributed by atoms with Crippen LogP contribution < -0.4 is 14.4 Å². The van der Waals surface area contributed by atoms with Crippen molar-refractivity contribution in [2.24, 2.45) is 0 Å². The molecule has 1 N–H and O–H groups in total. The Hall–Kier alpha value is -4.00. The molecule has 0 spiro atoms. The number of ether oxygens (including phenoxy) is 1. The molecule has 13 heteroatoms. The van der Waals surface area contributed by atoms with E-state index in [2.05, 4.69) is 9.50 Å². The summed E-state index contributed by atoms with van der Waals surface area (Å²) in [5.74, 6) is -1.05. The van der Waals surface area contributed by atoms with Gasteiger partial charge in [0.1, 0.15) is 11.4 Å². The van der Waals surface area contributed by atoms with Crippen molar-refractivity contribution >= 4 is 44.3 Å². The number of nitrogens with zero attached hydrogens (tertiary/aromatic N) is 2. The first-order valence-electron chi connectivity index (χ1n) is 12.3. The molecule has 1 aliphatic heterocycles. The zero-order chi connectivity index (χ0) is 29.3. The van der Waals surface area contributed by atoms with Gasteiger partial charge in [-0.1, -0.05) is 36.4 Å². The minimum Gasteiger partial charge on any atom is -0.444 e. The summed E-state index contributed by atoms with van der Waals surface area (Å²) in [5, 5.41) is 4.33. The monoisotopic (exact) mass is 579 g/mol. The van der Waals surface area contributed by atoms with E-state index in [-0.39, 0.29) is 37.6 Å². The minimum absolute atomic E-state index is 0.220. The van der Waals surface area contributed by atoms with Gasteiger partial charge in [-0.05, 0) is 49.7 Å². The van der Waals surface area contributed by atoms with Crippen LogP contribution in [0.4, 0.5) is 29.3 Å². The minimum atomic E-state index is -5.91. The quantitative estimate of drug-likeness (QED) is 0.320. The van der Waals surface area contributed by atoms with Gasteiger partial charge in [-0.3, -0.25) is 4.79 Å². The number of hydrogen-bond donors (Lipinski definition) is 1. The van der Waals surface area contributed by atoms with Crippen LogP contribution in [0, 0.1) is 0 Å². The van der Waals surface area contributed by atoms with Crippen LogP contribution in [0.3, 0.4) is 0 Å². The first kappa shape index (κ1) is 29.0. The molecule has 2 amide bonds. The van der Waals surface area contributed by atoms with Gasteiger partial charge in [-0.25, -0.2) is 4.79 Å². The Morgan fingerprint density at radius 2 is 1.55 bits per heavy atom. The number of carbonyl (C=O) groups excluding carboxylic acids is 2. The molecule has 0 unspecified atom stereocenters. The van der Waals surface area contributed by atoms with Gasteiger partial charge in [0.25, 0.3) is 5.91 Å². The molecule has 0 bridgehead atoms. The molecule has 214 valence electrons. The summed E-state index contributed by atoms with van der Waals surface area (Å²) in [6.07, 6.45) is -0.509. The Bertz CT molecular complexity index is 1520. The van der Waals surface area contributed by atoms with Crippen LogP contribution in [0.25, 0.3) is 10.8 Å². The van der Waals surface area contributed by atoms with Gasteiger partial charge in [0.15, 0.2) is 0 Å².